The number of anilines is 1. The van der Waals surface area contributed by atoms with Crippen molar-refractivity contribution in [3.05, 3.63) is 41.5 Å². The second-order valence-corrected chi connectivity index (χ2v) is 5.21. The molecule has 1 N–H and O–H groups in total. The van der Waals surface area contributed by atoms with E-state index in [0.717, 1.165) is 24.7 Å². The Labute approximate surface area is 112 Å². The van der Waals surface area contributed by atoms with Crippen molar-refractivity contribution in [1.29, 1.82) is 0 Å². The molecule has 1 aromatic carbocycles. The minimum Gasteiger partial charge on any atom is -0.384 e. The summed E-state index contributed by atoms with van der Waals surface area (Å²) in [5, 5.41) is 7.42. The predicted molar refractivity (Wildman–Crippen MR) is 73.1 cm³/mol. The van der Waals surface area contributed by atoms with E-state index in [2.05, 4.69) is 39.7 Å². The number of nitrogens with one attached hydrogen (secondary N) is 1. The van der Waals surface area contributed by atoms with Crippen LogP contribution in [0.1, 0.15) is 23.2 Å². The van der Waals surface area contributed by atoms with Crippen LogP contribution in [0, 0.1) is 0 Å². The lowest BCUT2D eigenvalue weighted by Gasteiger charge is -2.06. The maximum absolute atomic E-state index is 5.33. The summed E-state index contributed by atoms with van der Waals surface area (Å²) in [6.07, 6.45) is 0.796. The normalized spacial score (nSPS) is 17.5. The van der Waals surface area contributed by atoms with Gasteiger partial charge in [-0.15, -0.1) is 0 Å². The average Bonchev–Trinajstić information content (AvgIpc) is 2.97. The van der Waals surface area contributed by atoms with Gasteiger partial charge in [0.15, 0.2) is 5.82 Å². The highest BCUT2D eigenvalue weighted by Crippen LogP contribution is 2.32. The molecular formula is C14H18N4O. The first kappa shape index (κ1) is 12.2. The molecule has 2 aromatic rings. The van der Waals surface area contributed by atoms with Gasteiger partial charge in [0.25, 0.3) is 0 Å². The summed E-state index contributed by atoms with van der Waals surface area (Å²) >= 11 is 0. The summed E-state index contributed by atoms with van der Waals surface area (Å²) in [6.45, 7) is 1.65. The van der Waals surface area contributed by atoms with Gasteiger partial charge in [0, 0.05) is 24.6 Å². The van der Waals surface area contributed by atoms with Crippen LogP contribution in [-0.4, -0.2) is 35.7 Å². The third kappa shape index (κ3) is 2.61. The quantitative estimate of drug-likeness (QED) is 0.907. The molecule has 0 bridgehead atoms. The van der Waals surface area contributed by atoms with Crippen molar-refractivity contribution in [3.8, 4) is 0 Å². The Morgan fingerprint density at radius 3 is 3.05 bits per heavy atom. The highest BCUT2D eigenvalue weighted by atomic mass is 16.5. The minimum absolute atomic E-state index is 0.420. The zero-order chi connectivity index (χ0) is 13.2. The van der Waals surface area contributed by atoms with Crippen LogP contribution >= 0.6 is 0 Å². The SMILES string of the molecule is CN(C)Cc1noc(CC2CNc3ccccc32)n1. The van der Waals surface area contributed by atoms with Crippen molar-refractivity contribution in [3.63, 3.8) is 0 Å². The molecule has 0 amide bonds. The first-order chi connectivity index (χ1) is 9.22. The topological polar surface area (TPSA) is 54.2 Å². The zero-order valence-corrected chi connectivity index (χ0v) is 11.3. The summed E-state index contributed by atoms with van der Waals surface area (Å²) in [6, 6.07) is 8.40. The van der Waals surface area contributed by atoms with E-state index in [1.165, 1.54) is 11.3 Å². The number of benzene rings is 1. The van der Waals surface area contributed by atoms with Crippen LogP contribution in [0.3, 0.4) is 0 Å². The largest absolute Gasteiger partial charge is 0.384 e. The molecule has 3 rings (SSSR count). The molecular weight excluding hydrogens is 240 g/mol. The highest BCUT2D eigenvalue weighted by Gasteiger charge is 2.24. The van der Waals surface area contributed by atoms with Crippen LogP contribution in [0.2, 0.25) is 0 Å². The molecule has 0 saturated heterocycles. The molecule has 0 saturated carbocycles. The fourth-order valence-electron chi connectivity index (χ4n) is 2.47. The number of fused-ring (bicyclic) bond motifs is 1. The molecule has 0 fully saturated rings. The standard InChI is InChI=1S/C14H18N4O/c1-18(2)9-13-16-14(19-17-13)7-10-8-15-12-6-4-3-5-11(10)12/h3-6,10,15H,7-9H2,1-2H3. The molecule has 100 valence electrons. The van der Waals surface area contributed by atoms with Gasteiger partial charge >= 0.3 is 0 Å². The maximum Gasteiger partial charge on any atom is 0.227 e. The Morgan fingerprint density at radius 2 is 2.21 bits per heavy atom. The van der Waals surface area contributed by atoms with E-state index in [0.29, 0.717) is 12.5 Å². The van der Waals surface area contributed by atoms with Crippen molar-refractivity contribution >= 4 is 5.69 Å². The number of rotatable bonds is 4. The fourth-order valence-corrected chi connectivity index (χ4v) is 2.47. The number of para-hydroxylation sites is 1. The molecule has 1 unspecified atom stereocenters. The van der Waals surface area contributed by atoms with Crippen LogP contribution in [0.15, 0.2) is 28.8 Å². The molecule has 2 heterocycles. The van der Waals surface area contributed by atoms with E-state index in [-0.39, 0.29) is 0 Å². The number of hydrogen-bond acceptors (Lipinski definition) is 5. The first-order valence-electron chi connectivity index (χ1n) is 6.51. The van der Waals surface area contributed by atoms with E-state index in [1.54, 1.807) is 0 Å². The van der Waals surface area contributed by atoms with Crippen molar-refractivity contribution in [2.24, 2.45) is 0 Å². The lowest BCUT2D eigenvalue weighted by atomic mass is 9.98. The number of aromatic nitrogens is 2. The molecule has 0 spiro atoms. The monoisotopic (exact) mass is 258 g/mol. The zero-order valence-electron chi connectivity index (χ0n) is 11.3. The lowest BCUT2D eigenvalue weighted by molar-refractivity contribution is 0.346. The van der Waals surface area contributed by atoms with Gasteiger partial charge in [-0.05, 0) is 25.7 Å². The Bertz CT molecular complexity index is 564. The van der Waals surface area contributed by atoms with E-state index in [4.69, 9.17) is 4.52 Å². The van der Waals surface area contributed by atoms with Gasteiger partial charge in [-0.3, -0.25) is 0 Å². The van der Waals surface area contributed by atoms with Crippen LogP contribution in [0.25, 0.3) is 0 Å². The predicted octanol–water partition coefficient (Wildman–Crippen LogP) is 1.88. The van der Waals surface area contributed by atoms with Gasteiger partial charge in [-0.1, -0.05) is 23.4 Å². The highest BCUT2D eigenvalue weighted by molar-refractivity contribution is 5.57. The van der Waals surface area contributed by atoms with Crippen LogP contribution < -0.4 is 5.32 Å². The van der Waals surface area contributed by atoms with Gasteiger partial charge in [0.05, 0.1) is 6.54 Å². The number of hydrogen-bond donors (Lipinski definition) is 1. The molecule has 1 atom stereocenters. The Balaban J connectivity index is 1.71. The maximum atomic E-state index is 5.33. The summed E-state index contributed by atoms with van der Waals surface area (Å²) in [4.78, 5) is 6.47. The van der Waals surface area contributed by atoms with Crippen LogP contribution in [0.5, 0.6) is 0 Å². The van der Waals surface area contributed by atoms with Gasteiger partial charge < -0.3 is 14.7 Å². The smallest absolute Gasteiger partial charge is 0.227 e. The first-order valence-corrected chi connectivity index (χ1v) is 6.51. The van der Waals surface area contributed by atoms with Gasteiger partial charge in [-0.25, -0.2) is 0 Å². The number of nitrogens with zero attached hydrogens (tertiary/aromatic N) is 3. The van der Waals surface area contributed by atoms with E-state index >= 15 is 0 Å². The molecule has 0 radical (unpaired) electrons. The summed E-state index contributed by atoms with van der Waals surface area (Å²) in [5.74, 6) is 1.89. The average molecular weight is 258 g/mol. The van der Waals surface area contributed by atoms with Crippen molar-refractivity contribution < 1.29 is 4.52 Å². The van der Waals surface area contributed by atoms with Crippen LogP contribution in [-0.2, 0) is 13.0 Å². The van der Waals surface area contributed by atoms with Gasteiger partial charge in [-0.2, -0.15) is 4.98 Å². The van der Waals surface area contributed by atoms with E-state index < -0.39 is 0 Å². The van der Waals surface area contributed by atoms with Crippen LogP contribution in [0.4, 0.5) is 5.69 Å². The third-order valence-corrected chi connectivity index (χ3v) is 3.33. The molecule has 19 heavy (non-hydrogen) atoms. The minimum atomic E-state index is 0.420. The second-order valence-electron chi connectivity index (χ2n) is 5.21. The molecule has 1 aromatic heterocycles. The Hall–Kier alpha value is -1.88. The molecule has 5 nitrogen and oxygen atoms in total. The summed E-state index contributed by atoms with van der Waals surface area (Å²) in [5.41, 5.74) is 2.57. The van der Waals surface area contributed by atoms with E-state index in [1.807, 2.05) is 19.0 Å². The molecule has 1 aliphatic heterocycles. The molecule has 0 aliphatic carbocycles. The van der Waals surface area contributed by atoms with Crippen molar-refractivity contribution in [1.82, 2.24) is 15.0 Å². The second kappa shape index (κ2) is 5.01. The Morgan fingerprint density at radius 1 is 1.37 bits per heavy atom. The molecule has 1 aliphatic rings. The summed E-state index contributed by atoms with van der Waals surface area (Å²) < 4.78 is 5.33. The van der Waals surface area contributed by atoms with Crippen molar-refractivity contribution in [2.75, 3.05) is 26.0 Å². The fraction of sp³-hybridized carbons (Fsp3) is 0.429. The summed E-state index contributed by atoms with van der Waals surface area (Å²) in [7, 11) is 3.99. The van der Waals surface area contributed by atoms with E-state index in [9.17, 15) is 0 Å². The third-order valence-electron chi connectivity index (χ3n) is 3.33. The van der Waals surface area contributed by atoms with Crippen molar-refractivity contribution in [2.45, 2.75) is 18.9 Å². The molecule has 5 heteroatoms. The van der Waals surface area contributed by atoms with Gasteiger partial charge in [0.2, 0.25) is 5.89 Å². The van der Waals surface area contributed by atoms with Gasteiger partial charge in [0.1, 0.15) is 0 Å². The lowest BCUT2D eigenvalue weighted by Crippen LogP contribution is -2.12. The Kier molecular flexibility index (Phi) is 3.21.